The van der Waals surface area contributed by atoms with Crippen molar-refractivity contribution in [1.82, 2.24) is 9.55 Å². The average molecular weight is 246 g/mol. The Kier molecular flexibility index (Phi) is 3.71. The van der Waals surface area contributed by atoms with E-state index in [0.717, 1.165) is 17.8 Å². The van der Waals surface area contributed by atoms with Crippen molar-refractivity contribution in [2.24, 2.45) is 18.9 Å². The van der Waals surface area contributed by atoms with Crippen LogP contribution in [0.5, 0.6) is 0 Å². The van der Waals surface area contributed by atoms with E-state index in [0.29, 0.717) is 11.8 Å². The zero-order chi connectivity index (χ0) is 13.3. The number of nitrogens with zero attached hydrogens (tertiary/aromatic N) is 2. The summed E-state index contributed by atoms with van der Waals surface area (Å²) in [5.74, 6) is 1.85. The van der Waals surface area contributed by atoms with E-state index >= 15 is 0 Å². The minimum absolute atomic E-state index is 0.247. The van der Waals surface area contributed by atoms with Crippen LogP contribution in [0.4, 0.5) is 0 Å². The molecule has 0 spiro atoms. The first-order valence-corrected chi connectivity index (χ1v) is 6.55. The number of benzene rings is 1. The third-order valence-electron chi connectivity index (χ3n) is 3.84. The van der Waals surface area contributed by atoms with Gasteiger partial charge in [-0.15, -0.1) is 0 Å². The number of hydrogen-bond donors (Lipinski definition) is 1. The number of fused-ring (bicyclic) bond motifs is 1. The molecule has 18 heavy (non-hydrogen) atoms. The number of hydrogen-bond acceptors (Lipinski definition) is 2. The molecule has 2 rings (SSSR count). The van der Waals surface area contributed by atoms with Crippen LogP contribution in [0.1, 0.15) is 25.2 Å². The van der Waals surface area contributed by atoms with Gasteiger partial charge >= 0.3 is 0 Å². The van der Waals surface area contributed by atoms with Gasteiger partial charge in [-0.2, -0.15) is 0 Å². The molecule has 0 fully saturated rings. The van der Waals surface area contributed by atoms with E-state index in [4.69, 9.17) is 0 Å². The van der Waals surface area contributed by atoms with Crippen LogP contribution in [-0.4, -0.2) is 21.3 Å². The minimum atomic E-state index is 0.247. The van der Waals surface area contributed by atoms with Crippen molar-refractivity contribution in [1.29, 1.82) is 0 Å². The first-order valence-electron chi connectivity index (χ1n) is 6.55. The lowest BCUT2D eigenvalue weighted by Crippen LogP contribution is -2.16. The molecule has 0 aliphatic heterocycles. The Morgan fingerprint density at radius 3 is 2.67 bits per heavy atom. The molecule has 1 heterocycles. The summed E-state index contributed by atoms with van der Waals surface area (Å²) in [5.41, 5.74) is 3.47. The van der Waals surface area contributed by atoms with E-state index < -0.39 is 0 Å². The van der Waals surface area contributed by atoms with Crippen LogP contribution in [0.15, 0.2) is 18.2 Å². The average Bonchev–Trinajstić information content (AvgIpc) is 2.61. The van der Waals surface area contributed by atoms with Gasteiger partial charge in [0, 0.05) is 13.7 Å². The van der Waals surface area contributed by atoms with Gasteiger partial charge in [-0.3, -0.25) is 0 Å². The number of rotatable bonds is 4. The second-order valence-electron chi connectivity index (χ2n) is 5.43. The quantitative estimate of drug-likeness (QED) is 0.900. The van der Waals surface area contributed by atoms with Gasteiger partial charge < -0.3 is 9.67 Å². The van der Waals surface area contributed by atoms with Crippen molar-refractivity contribution in [2.45, 2.75) is 27.2 Å². The third-order valence-corrected chi connectivity index (χ3v) is 3.84. The van der Waals surface area contributed by atoms with Crippen molar-refractivity contribution in [3.05, 3.63) is 29.6 Å². The zero-order valence-corrected chi connectivity index (χ0v) is 11.6. The van der Waals surface area contributed by atoms with Crippen LogP contribution < -0.4 is 0 Å². The molecule has 0 aliphatic carbocycles. The molecule has 0 saturated heterocycles. The van der Waals surface area contributed by atoms with Gasteiger partial charge in [0.15, 0.2) is 0 Å². The molecular weight excluding hydrogens is 224 g/mol. The standard InChI is InChI=1S/C15H22N2O/c1-10(2)13(9-18)7-12-5-6-15-14(8-12)16-11(3)17(15)4/h5-6,8,10,13,18H,7,9H2,1-4H3. The molecule has 1 atom stereocenters. The van der Waals surface area contributed by atoms with E-state index in [2.05, 4.69) is 41.6 Å². The predicted octanol–water partition coefficient (Wildman–Crippen LogP) is 2.69. The van der Waals surface area contributed by atoms with Crippen LogP contribution in [0.25, 0.3) is 11.0 Å². The van der Waals surface area contributed by atoms with E-state index in [-0.39, 0.29) is 6.61 Å². The number of aromatic nitrogens is 2. The normalized spacial score (nSPS) is 13.4. The molecule has 0 radical (unpaired) electrons. The highest BCUT2D eigenvalue weighted by Gasteiger charge is 2.14. The van der Waals surface area contributed by atoms with E-state index in [1.54, 1.807) is 0 Å². The second-order valence-corrected chi connectivity index (χ2v) is 5.43. The SMILES string of the molecule is Cc1nc2cc(CC(CO)C(C)C)ccc2n1C. The van der Waals surface area contributed by atoms with Crippen molar-refractivity contribution in [3.8, 4) is 0 Å². The Morgan fingerprint density at radius 2 is 2.06 bits per heavy atom. The fourth-order valence-corrected chi connectivity index (χ4v) is 2.31. The van der Waals surface area contributed by atoms with Crippen molar-refractivity contribution in [2.75, 3.05) is 6.61 Å². The van der Waals surface area contributed by atoms with Gasteiger partial charge in [0.05, 0.1) is 11.0 Å². The Hall–Kier alpha value is -1.35. The van der Waals surface area contributed by atoms with Gasteiger partial charge in [-0.25, -0.2) is 4.98 Å². The topological polar surface area (TPSA) is 38.1 Å². The number of aryl methyl sites for hydroxylation is 2. The highest BCUT2D eigenvalue weighted by Crippen LogP contribution is 2.21. The zero-order valence-electron chi connectivity index (χ0n) is 11.6. The van der Waals surface area contributed by atoms with E-state index in [1.165, 1.54) is 11.1 Å². The summed E-state index contributed by atoms with van der Waals surface area (Å²) in [7, 11) is 2.04. The largest absolute Gasteiger partial charge is 0.396 e. The summed E-state index contributed by atoms with van der Waals surface area (Å²) in [6, 6.07) is 6.42. The van der Waals surface area contributed by atoms with Crippen molar-refractivity contribution >= 4 is 11.0 Å². The van der Waals surface area contributed by atoms with Crippen LogP contribution in [0, 0.1) is 18.8 Å². The maximum Gasteiger partial charge on any atom is 0.106 e. The van der Waals surface area contributed by atoms with Gasteiger partial charge in [0.1, 0.15) is 5.82 Å². The smallest absolute Gasteiger partial charge is 0.106 e. The van der Waals surface area contributed by atoms with Gasteiger partial charge in [0.2, 0.25) is 0 Å². The van der Waals surface area contributed by atoms with Crippen LogP contribution >= 0.6 is 0 Å². The molecular formula is C15H22N2O. The highest BCUT2D eigenvalue weighted by atomic mass is 16.3. The van der Waals surface area contributed by atoms with E-state index in [1.807, 2.05) is 14.0 Å². The molecule has 2 aromatic rings. The summed E-state index contributed by atoms with van der Waals surface area (Å²) in [5, 5.41) is 9.40. The Balaban J connectivity index is 2.30. The van der Waals surface area contributed by atoms with Gasteiger partial charge in [0.25, 0.3) is 0 Å². The van der Waals surface area contributed by atoms with Gasteiger partial charge in [-0.1, -0.05) is 19.9 Å². The lowest BCUT2D eigenvalue weighted by Gasteiger charge is -2.18. The molecule has 0 aliphatic rings. The Morgan fingerprint density at radius 1 is 1.33 bits per heavy atom. The molecule has 1 N–H and O–H groups in total. The van der Waals surface area contributed by atoms with Crippen LogP contribution in [0.3, 0.4) is 0 Å². The summed E-state index contributed by atoms with van der Waals surface area (Å²) in [4.78, 5) is 4.55. The molecule has 1 aromatic heterocycles. The Labute approximate surface area is 108 Å². The summed E-state index contributed by atoms with van der Waals surface area (Å²) >= 11 is 0. The molecule has 3 nitrogen and oxygen atoms in total. The minimum Gasteiger partial charge on any atom is -0.396 e. The molecule has 0 saturated carbocycles. The van der Waals surface area contributed by atoms with E-state index in [9.17, 15) is 5.11 Å². The van der Waals surface area contributed by atoms with Crippen molar-refractivity contribution < 1.29 is 5.11 Å². The first kappa shape index (κ1) is 13.1. The third kappa shape index (κ3) is 2.41. The molecule has 0 amide bonds. The first-order chi connectivity index (χ1) is 8.52. The number of aliphatic hydroxyl groups is 1. The summed E-state index contributed by atoms with van der Waals surface area (Å²) in [6.07, 6.45) is 0.916. The molecule has 0 bridgehead atoms. The number of imidazole rings is 1. The fraction of sp³-hybridized carbons (Fsp3) is 0.533. The molecule has 1 unspecified atom stereocenters. The van der Waals surface area contributed by atoms with Crippen LogP contribution in [0.2, 0.25) is 0 Å². The Bertz CT molecular complexity index is 543. The maximum atomic E-state index is 9.40. The lowest BCUT2D eigenvalue weighted by atomic mass is 9.90. The maximum absolute atomic E-state index is 9.40. The van der Waals surface area contributed by atoms with Crippen LogP contribution in [-0.2, 0) is 13.5 Å². The monoisotopic (exact) mass is 246 g/mol. The second kappa shape index (κ2) is 5.11. The molecule has 98 valence electrons. The van der Waals surface area contributed by atoms with Gasteiger partial charge in [-0.05, 0) is 42.9 Å². The number of aliphatic hydroxyl groups excluding tert-OH is 1. The fourth-order valence-electron chi connectivity index (χ4n) is 2.31. The predicted molar refractivity (Wildman–Crippen MR) is 74.6 cm³/mol. The van der Waals surface area contributed by atoms with Crippen molar-refractivity contribution in [3.63, 3.8) is 0 Å². The molecule has 1 aromatic carbocycles. The lowest BCUT2D eigenvalue weighted by molar-refractivity contribution is 0.189. The molecule has 3 heteroatoms. The summed E-state index contributed by atoms with van der Waals surface area (Å²) in [6.45, 7) is 6.58. The highest BCUT2D eigenvalue weighted by molar-refractivity contribution is 5.76. The summed E-state index contributed by atoms with van der Waals surface area (Å²) < 4.78 is 2.10.